The van der Waals surface area contributed by atoms with E-state index in [-0.39, 0.29) is 0 Å². The zero-order chi connectivity index (χ0) is 13.7. The number of benzene rings is 1. The SMILES string of the molecule is CCc1nc(Cl)cc(OCc2ccccc2)c1SC. The first kappa shape index (κ1) is 14.2. The summed E-state index contributed by atoms with van der Waals surface area (Å²) < 4.78 is 5.89. The minimum Gasteiger partial charge on any atom is -0.488 e. The lowest BCUT2D eigenvalue weighted by atomic mass is 10.2. The lowest BCUT2D eigenvalue weighted by molar-refractivity contribution is 0.297. The van der Waals surface area contributed by atoms with Gasteiger partial charge < -0.3 is 4.74 Å². The van der Waals surface area contributed by atoms with Crippen molar-refractivity contribution in [2.75, 3.05) is 6.26 Å². The van der Waals surface area contributed by atoms with E-state index in [1.54, 1.807) is 17.8 Å². The van der Waals surface area contributed by atoms with Crippen molar-refractivity contribution in [1.82, 2.24) is 4.98 Å². The Balaban J connectivity index is 2.22. The van der Waals surface area contributed by atoms with Gasteiger partial charge in [-0.05, 0) is 18.2 Å². The third kappa shape index (κ3) is 3.64. The molecule has 0 aliphatic heterocycles. The summed E-state index contributed by atoms with van der Waals surface area (Å²) in [6.45, 7) is 2.61. The molecule has 100 valence electrons. The summed E-state index contributed by atoms with van der Waals surface area (Å²) in [7, 11) is 0. The van der Waals surface area contributed by atoms with E-state index in [1.165, 1.54) is 0 Å². The number of pyridine rings is 1. The largest absolute Gasteiger partial charge is 0.488 e. The molecule has 0 amide bonds. The van der Waals surface area contributed by atoms with Crippen molar-refractivity contribution in [2.24, 2.45) is 0 Å². The van der Waals surface area contributed by atoms with Crippen LogP contribution < -0.4 is 4.74 Å². The highest BCUT2D eigenvalue weighted by atomic mass is 35.5. The Labute approximate surface area is 123 Å². The van der Waals surface area contributed by atoms with Gasteiger partial charge in [-0.15, -0.1) is 11.8 Å². The molecule has 2 aromatic rings. The Kier molecular flexibility index (Phi) is 5.11. The maximum atomic E-state index is 6.04. The van der Waals surface area contributed by atoms with Gasteiger partial charge in [-0.2, -0.15) is 0 Å². The van der Waals surface area contributed by atoms with Crippen molar-refractivity contribution < 1.29 is 4.74 Å². The lowest BCUT2D eigenvalue weighted by Gasteiger charge is -2.13. The summed E-state index contributed by atoms with van der Waals surface area (Å²) in [5.41, 5.74) is 2.13. The molecule has 0 saturated heterocycles. The summed E-state index contributed by atoms with van der Waals surface area (Å²) in [6.07, 6.45) is 2.87. The van der Waals surface area contributed by atoms with Gasteiger partial charge in [0.15, 0.2) is 0 Å². The molecule has 4 heteroatoms. The molecule has 0 saturated carbocycles. The van der Waals surface area contributed by atoms with Crippen LogP contribution in [0.3, 0.4) is 0 Å². The van der Waals surface area contributed by atoms with Crippen LogP contribution in [0.5, 0.6) is 5.75 Å². The molecule has 1 heterocycles. The topological polar surface area (TPSA) is 22.1 Å². The van der Waals surface area contributed by atoms with Crippen LogP contribution in [0.15, 0.2) is 41.3 Å². The van der Waals surface area contributed by atoms with Gasteiger partial charge in [0.05, 0.1) is 10.6 Å². The Bertz CT molecular complexity index is 545. The van der Waals surface area contributed by atoms with Gasteiger partial charge in [0.25, 0.3) is 0 Å². The fourth-order valence-electron chi connectivity index (χ4n) is 1.83. The number of rotatable bonds is 5. The number of aromatic nitrogens is 1. The molecule has 0 radical (unpaired) electrons. The number of hydrogen-bond acceptors (Lipinski definition) is 3. The van der Waals surface area contributed by atoms with Gasteiger partial charge in [0, 0.05) is 6.07 Å². The maximum absolute atomic E-state index is 6.04. The van der Waals surface area contributed by atoms with Crippen LogP contribution in [0, 0.1) is 0 Å². The Morgan fingerprint density at radius 2 is 2.00 bits per heavy atom. The molecule has 0 spiro atoms. The molecular formula is C15H16ClNOS. The number of thioether (sulfide) groups is 1. The van der Waals surface area contributed by atoms with Crippen LogP contribution in [0.1, 0.15) is 18.2 Å². The van der Waals surface area contributed by atoms with Crippen molar-refractivity contribution in [2.45, 2.75) is 24.8 Å². The van der Waals surface area contributed by atoms with E-state index in [1.807, 2.05) is 36.6 Å². The fourth-order valence-corrected chi connectivity index (χ4v) is 2.77. The molecule has 1 aromatic carbocycles. The second-order valence-corrected chi connectivity index (χ2v) is 5.25. The minimum absolute atomic E-state index is 0.484. The van der Waals surface area contributed by atoms with E-state index in [9.17, 15) is 0 Å². The minimum atomic E-state index is 0.484. The molecule has 0 atom stereocenters. The predicted octanol–water partition coefficient (Wildman–Crippen LogP) is 4.60. The molecule has 0 fully saturated rings. The number of halogens is 1. The third-order valence-corrected chi connectivity index (χ3v) is 3.79. The van der Waals surface area contributed by atoms with Crippen molar-refractivity contribution in [3.8, 4) is 5.75 Å². The van der Waals surface area contributed by atoms with E-state index in [2.05, 4.69) is 11.9 Å². The van der Waals surface area contributed by atoms with E-state index in [0.717, 1.165) is 28.3 Å². The van der Waals surface area contributed by atoms with Crippen molar-refractivity contribution in [3.63, 3.8) is 0 Å². The zero-order valence-electron chi connectivity index (χ0n) is 11.0. The van der Waals surface area contributed by atoms with E-state index in [4.69, 9.17) is 16.3 Å². The first-order chi connectivity index (χ1) is 9.24. The second kappa shape index (κ2) is 6.83. The highest BCUT2D eigenvalue weighted by Gasteiger charge is 2.11. The van der Waals surface area contributed by atoms with Crippen molar-refractivity contribution in [3.05, 3.63) is 52.8 Å². The Morgan fingerprint density at radius 3 is 2.63 bits per heavy atom. The number of aryl methyl sites for hydroxylation is 1. The highest BCUT2D eigenvalue weighted by Crippen LogP contribution is 2.33. The third-order valence-electron chi connectivity index (χ3n) is 2.75. The van der Waals surface area contributed by atoms with Gasteiger partial charge in [0.2, 0.25) is 0 Å². The van der Waals surface area contributed by atoms with Crippen LogP contribution in [0.4, 0.5) is 0 Å². The quantitative estimate of drug-likeness (QED) is 0.594. The Hall–Kier alpha value is -1.19. The molecule has 1 aromatic heterocycles. The first-order valence-electron chi connectivity index (χ1n) is 6.14. The average molecular weight is 294 g/mol. The van der Waals surface area contributed by atoms with Gasteiger partial charge in [-0.1, -0.05) is 48.9 Å². The van der Waals surface area contributed by atoms with Crippen molar-refractivity contribution >= 4 is 23.4 Å². The van der Waals surface area contributed by atoms with Crippen LogP contribution in [0.2, 0.25) is 5.15 Å². The van der Waals surface area contributed by atoms with Crippen LogP contribution in [0.25, 0.3) is 0 Å². The molecule has 2 rings (SSSR count). The maximum Gasteiger partial charge on any atom is 0.138 e. The van der Waals surface area contributed by atoms with E-state index < -0.39 is 0 Å². The normalized spacial score (nSPS) is 10.5. The molecule has 0 unspecified atom stereocenters. The first-order valence-corrected chi connectivity index (χ1v) is 7.75. The predicted molar refractivity (Wildman–Crippen MR) is 81.2 cm³/mol. The molecule has 0 aliphatic carbocycles. The average Bonchev–Trinajstić information content (AvgIpc) is 2.45. The molecular weight excluding hydrogens is 278 g/mol. The second-order valence-electron chi connectivity index (χ2n) is 4.05. The molecule has 0 aliphatic rings. The summed E-state index contributed by atoms with van der Waals surface area (Å²) in [4.78, 5) is 5.41. The van der Waals surface area contributed by atoms with Crippen LogP contribution in [-0.2, 0) is 13.0 Å². The smallest absolute Gasteiger partial charge is 0.138 e. The number of ether oxygens (including phenoxy) is 1. The summed E-state index contributed by atoms with van der Waals surface area (Å²) >= 11 is 7.68. The molecule has 2 nitrogen and oxygen atoms in total. The standard InChI is InChI=1S/C15H16ClNOS/c1-3-12-15(19-2)13(9-14(16)17-12)18-10-11-7-5-4-6-8-11/h4-9H,3,10H2,1-2H3. The molecule has 0 bridgehead atoms. The van der Waals surface area contributed by atoms with Crippen LogP contribution in [-0.4, -0.2) is 11.2 Å². The van der Waals surface area contributed by atoms with Gasteiger partial charge >= 0.3 is 0 Å². The number of nitrogens with zero attached hydrogens (tertiary/aromatic N) is 1. The molecule has 0 N–H and O–H groups in total. The fraction of sp³-hybridized carbons (Fsp3) is 0.267. The summed E-state index contributed by atoms with van der Waals surface area (Å²) in [5, 5.41) is 0.484. The highest BCUT2D eigenvalue weighted by molar-refractivity contribution is 7.98. The van der Waals surface area contributed by atoms with Crippen molar-refractivity contribution in [1.29, 1.82) is 0 Å². The molecule has 19 heavy (non-hydrogen) atoms. The van der Waals surface area contributed by atoms with Crippen LogP contribution >= 0.6 is 23.4 Å². The monoisotopic (exact) mass is 293 g/mol. The zero-order valence-corrected chi connectivity index (χ0v) is 12.6. The summed E-state index contributed by atoms with van der Waals surface area (Å²) in [5.74, 6) is 0.813. The van der Waals surface area contributed by atoms with E-state index in [0.29, 0.717) is 11.8 Å². The van der Waals surface area contributed by atoms with Gasteiger partial charge in [-0.25, -0.2) is 4.98 Å². The van der Waals surface area contributed by atoms with Gasteiger partial charge in [0.1, 0.15) is 17.5 Å². The summed E-state index contributed by atoms with van der Waals surface area (Å²) in [6, 6.07) is 11.9. The van der Waals surface area contributed by atoms with E-state index >= 15 is 0 Å². The van der Waals surface area contributed by atoms with Gasteiger partial charge in [-0.3, -0.25) is 0 Å². The lowest BCUT2D eigenvalue weighted by Crippen LogP contribution is -2.00. The Morgan fingerprint density at radius 1 is 1.26 bits per heavy atom. The number of hydrogen-bond donors (Lipinski definition) is 0.